The first kappa shape index (κ1) is 16.4. The molecular weight excluding hydrogens is 289 g/mol. The van der Waals surface area contributed by atoms with E-state index in [-0.39, 0.29) is 12.7 Å². The Hall–Kier alpha value is -1.67. The zero-order chi connectivity index (χ0) is 15.3. The van der Waals surface area contributed by atoms with E-state index >= 15 is 0 Å². The molecule has 0 radical (unpaired) electrons. The average Bonchev–Trinajstić information content (AvgIpc) is 2.30. The third-order valence-corrected chi connectivity index (χ3v) is 3.52. The third-order valence-electron chi connectivity index (χ3n) is 2.30. The molecule has 20 heavy (non-hydrogen) atoms. The van der Waals surface area contributed by atoms with Gasteiger partial charge >= 0.3 is 5.97 Å². The molecule has 8 heteroatoms. The number of anilines is 1. The molecule has 0 bridgehead atoms. The summed E-state index contributed by atoms with van der Waals surface area (Å²) < 4.78 is 44.1. The van der Waals surface area contributed by atoms with Crippen molar-refractivity contribution in [2.24, 2.45) is 0 Å². The molecule has 0 aliphatic carbocycles. The van der Waals surface area contributed by atoms with E-state index in [1.807, 2.05) is 4.72 Å². The van der Waals surface area contributed by atoms with Crippen molar-refractivity contribution < 1.29 is 27.4 Å². The number of carbonyl (C=O) groups is 1. The lowest BCUT2D eigenvalue weighted by molar-refractivity contribution is 0.0697. The molecule has 2 N–H and O–H groups in total. The zero-order valence-electron chi connectivity index (χ0n) is 11.1. The lowest BCUT2D eigenvalue weighted by atomic mass is 10.2. The van der Waals surface area contributed by atoms with Crippen LogP contribution < -0.4 is 4.72 Å². The van der Waals surface area contributed by atoms with E-state index in [1.54, 1.807) is 13.8 Å². The molecule has 6 nitrogen and oxygen atoms in total. The molecule has 0 heterocycles. The summed E-state index contributed by atoms with van der Waals surface area (Å²) in [6.45, 7) is 3.43. The Kier molecular flexibility index (Phi) is 5.46. The molecule has 0 unspecified atom stereocenters. The number of nitrogens with one attached hydrogen (secondary N) is 1. The van der Waals surface area contributed by atoms with Gasteiger partial charge in [-0.25, -0.2) is 17.6 Å². The second-order valence-corrected chi connectivity index (χ2v) is 6.15. The van der Waals surface area contributed by atoms with Crippen molar-refractivity contribution in [3.63, 3.8) is 0 Å². The summed E-state index contributed by atoms with van der Waals surface area (Å²) in [6.07, 6.45) is -0.131. The summed E-state index contributed by atoms with van der Waals surface area (Å²) in [5.41, 5.74) is -1.01. The topological polar surface area (TPSA) is 92.7 Å². The van der Waals surface area contributed by atoms with Crippen LogP contribution in [0.3, 0.4) is 0 Å². The molecule has 1 aromatic carbocycles. The van der Waals surface area contributed by atoms with Crippen LogP contribution in [0.15, 0.2) is 18.2 Å². The predicted octanol–water partition coefficient (Wildman–Crippen LogP) is 1.69. The minimum Gasteiger partial charge on any atom is -0.478 e. The van der Waals surface area contributed by atoms with E-state index < -0.39 is 38.8 Å². The number of aromatic carboxylic acids is 1. The van der Waals surface area contributed by atoms with Crippen LogP contribution in [0, 0.1) is 5.82 Å². The predicted molar refractivity (Wildman–Crippen MR) is 71.9 cm³/mol. The van der Waals surface area contributed by atoms with Gasteiger partial charge in [0.1, 0.15) is 5.82 Å². The first-order valence-electron chi connectivity index (χ1n) is 5.87. The summed E-state index contributed by atoms with van der Waals surface area (Å²) in [5, 5.41) is 8.91. The maximum absolute atomic E-state index is 13.6. The Labute approximate surface area is 116 Å². The Balaban J connectivity index is 2.89. The monoisotopic (exact) mass is 305 g/mol. The van der Waals surface area contributed by atoms with Crippen LogP contribution in [0.25, 0.3) is 0 Å². The smallest absolute Gasteiger partial charge is 0.337 e. The molecule has 0 spiro atoms. The molecule has 0 aliphatic rings. The highest BCUT2D eigenvalue weighted by Crippen LogP contribution is 2.21. The van der Waals surface area contributed by atoms with Crippen LogP contribution in [0.5, 0.6) is 0 Å². The summed E-state index contributed by atoms with van der Waals surface area (Å²) in [4.78, 5) is 10.9. The summed E-state index contributed by atoms with van der Waals surface area (Å²) in [5.74, 6) is -2.75. The minimum atomic E-state index is -3.89. The van der Waals surface area contributed by atoms with Crippen LogP contribution in [0.2, 0.25) is 0 Å². The van der Waals surface area contributed by atoms with Crippen molar-refractivity contribution in [3.8, 4) is 0 Å². The van der Waals surface area contributed by atoms with Gasteiger partial charge in [-0.05, 0) is 26.0 Å². The van der Waals surface area contributed by atoms with Gasteiger partial charge in [0, 0.05) is 0 Å². The molecule has 0 fully saturated rings. The second kappa shape index (κ2) is 6.67. The second-order valence-electron chi connectivity index (χ2n) is 4.31. The normalized spacial score (nSPS) is 11.6. The Morgan fingerprint density at radius 1 is 1.45 bits per heavy atom. The van der Waals surface area contributed by atoms with Crippen LogP contribution in [0.4, 0.5) is 10.1 Å². The number of hydrogen-bond acceptors (Lipinski definition) is 4. The van der Waals surface area contributed by atoms with Gasteiger partial charge in [0.15, 0.2) is 0 Å². The lowest BCUT2D eigenvalue weighted by Crippen LogP contribution is -2.23. The fourth-order valence-corrected chi connectivity index (χ4v) is 2.34. The molecule has 0 atom stereocenters. The zero-order valence-corrected chi connectivity index (χ0v) is 11.9. The van der Waals surface area contributed by atoms with E-state index in [2.05, 4.69) is 0 Å². The first-order valence-corrected chi connectivity index (χ1v) is 7.52. The fourth-order valence-electron chi connectivity index (χ4n) is 1.41. The van der Waals surface area contributed by atoms with Crippen molar-refractivity contribution in [3.05, 3.63) is 29.6 Å². The van der Waals surface area contributed by atoms with Crippen LogP contribution >= 0.6 is 0 Å². The Bertz CT molecular complexity index is 586. The number of carboxylic acids is 1. The molecule has 1 aromatic rings. The van der Waals surface area contributed by atoms with Gasteiger partial charge in [0.25, 0.3) is 0 Å². The van der Waals surface area contributed by atoms with Crippen LogP contribution in [-0.4, -0.2) is 38.0 Å². The first-order chi connectivity index (χ1) is 9.23. The van der Waals surface area contributed by atoms with Crippen molar-refractivity contribution in [1.29, 1.82) is 0 Å². The van der Waals surface area contributed by atoms with E-state index in [0.29, 0.717) is 0 Å². The number of benzene rings is 1. The summed E-state index contributed by atoms with van der Waals surface area (Å²) in [6, 6.07) is 3.29. The highest BCUT2D eigenvalue weighted by molar-refractivity contribution is 7.92. The summed E-state index contributed by atoms with van der Waals surface area (Å²) in [7, 11) is -3.89. The SMILES string of the molecule is CC(C)OCCS(=O)(=O)Nc1c(F)cccc1C(=O)O. The standard InChI is InChI=1S/C12H16FNO5S/c1-8(2)19-6-7-20(17,18)14-11-9(12(15)16)4-3-5-10(11)13/h3-5,8,14H,6-7H2,1-2H3,(H,15,16). The molecule has 112 valence electrons. The number of sulfonamides is 1. The van der Waals surface area contributed by atoms with E-state index in [9.17, 15) is 17.6 Å². The Morgan fingerprint density at radius 2 is 2.10 bits per heavy atom. The number of hydrogen-bond donors (Lipinski definition) is 2. The lowest BCUT2D eigenvalue weighted by Gasteiger charge is -2.12. The largest absolute Gasteiger partial charge is 0.478 e. The highest BCUT2D eigenvalue weighted by Gasteiger charge is 2.19. The molecular formula is C12H16FNO5S. The maximum atomic E-state index is 13.6. The van der Waals surface area contributed by atoms with Gasteiger partial charge in [-0.3, -0.25) is 4.72 Å². The van der Waals surface area contributed by atoms with Crippen molar-refractivity contribution in [2.45, 2.75) is 20.0 Å². The van der Waals surface area contributed by atoms with Gasteiger partial charge in [0.2, 0.25) is 10.0 Å². The van der Waals surface area contributed by atoms with Gasteiger partial charge in [-0.2, -0.15) is 0 Å². The molecule has 0 amide bonds. The van der Waals surface area contributed by atoms with Crippen molar-refractivity contribution in [2.75, 3.05) is 17.1 Å². The number of rotatable bonds is 7. The van der Waals surface area contributed by atoms with Crippen LogP contribution in [-0.2, 0) is 14.8 Å². The van der Waals surface area contributed by atoms with E-state index in [0.717, 1.165) is 12.1 Å². The van der Waals surface area contributed by atoms with Crippen LogP contribution in [0.1, 0.15) is 24.2 Å². The fraction of sp³-hybridized carbons (Fsp3) is 0.417. The molecule has 0 aliphatic heterocycles. The van der Waals surface area contributed by atoms with Gasteiger partial charge < -0.3 is 9.84 Å². The van der Waals surface area contributed by atoms with Crippen molar-refractivity contribution >= 4 is 21.7 Å². The molecule has 0 aromatic heterocycles. The van der Waals surface area contributed by atoms with Gasteiger partial charge in [0.05, 0.1) is 29.7 Å². The number of para-hydroxylation sites is 1. The quantitative estimate of drug-likeness (QED) is 0.799. The Morgan fingerprint density at radius 3 is 2.65 bits per heavy atom. The maximum Gasteiger partial charge on any atom is 0.337 e. The number of carboxylic acid groups (broad SMARTS) is 1. The summed E-state index contributed by atoms with van der Waals surface area (Å²) >= 11 is 0. The molecule has 0 saturated carbocycles. The molecule has 1 rings (SSSR count). The van der Waals surface area contributed by atoms with E-state index in [1.165, 1.54) is 6.07 Å². The average molecular weight is 305 g/mol. The highest BCUT2D eigenvalue weighted by atomic mass is 32.2. The molecule has 0 saturated heterocycles. The van der Waals surface area contributed by atoms with Crippen molar-refractivity contribution in [1.82, 2.24) is 0 Å². The minimum absolute atomic E-state index is 0.0656. The van der Waals surface area contributed by atoms with Gasteiger partial charge in [-0.1, -0.05) is 6.07 Å². The number of ether oxygens (including phenoxy) is 1. The number of halogens is 1. The third kappa shape index (κ3) is 4.78. The van der Waals surface area contributed by atoms with E-state index in [4.69, 9.17) is 9.84 Å². The van der Waals surface area contributed by atoms with Gasteiger partial charge in [-0.15, -0.1) is 0 Å².